The number of hydrogen-bond donors (Lipinski definition) is 1. The van der Waals surface area contributed by atoms with Gasteiger partial charge in [0.25, 0.3) is 5.91 Å². The van der Waals surface area contributed by atoms with Crippen LogP contribution in [-0.4, -0.2) is 81.6 Å². The smallest absolute Gasteiger partial charge is 0.274 e. The third-order valence-electron chi connectivity index (χ3n) is 6.25. The molecule has 0 unspecified atom stereocenters. The lowest BCUT2D eigenvalue weighted by Crippen LogP contribution is -2.33. The monoisotopic (exact) mass is 526 g/mol. The molecular weight excluding hydrogens is 488 g/mol. The van der Waals surface area contributed by atoms with E-state index in [1.165, 1.54) is 9.20 Å². The number of aryl methyl sites for hydroxylation is 1. The van der Waals surface area contributed by atoms with Crippen LogP contribution in [-0.2, 0) is 12.0 Å². The first kappa shape index (κ1) is 28.8. The van der Waals surface area contributed by atoms with E-state index in [1.54, 1.807) is 37.3 Å². The van der Waals surface area contributed by atoms with Gasteiger partial charge in [0.2, 0.25) is 5.62 Å². The van der Waals surface area contributed by atoms with Crippen LogP contribution in [0, 0.1) is 6.92 Å². The number of methoxy groups -OCH3 is 1. The Morgan fingerprint density at radius 1 is 1.13 bits per heavy atom. The summed E-state index contributed by atoms with van der Waals surface area (Å²) in [6, 6.07) is 5.13. The van der Waals surface area contributed by atoms with Crippen molar-refractivity contribution in [1.29, 1.82) is 0 Å². The summed E-state index contributed by atoms with van der Waals surface area (Å²) >= 11 is 0. The number of Topliss-reactive ketones (excluding diaryl/α,β-unsaturated/α-hetero) is 1. The number of fused-ring (bicyclic) bond motifs is 1. The SMILES string of the molecule is CCN(CC)C(=O)c1cc(C)c2nn(CC(=O)c3cc(OCCO)c(OC)c(C(C)(C)C)c3)c(=NC)n2n1. The van der Waals surface area contributed by atoms with Crippen molar-refractivity contribution in [2.24, 2.45) is 4.99 Å². The van der Waals surface area contributed by atoms with Crippen LogP contribution < -0.4 is 15.1 Å². The van der Waals surface area contributed by atoms with Gasteiger partial charge < -0.3 is 19.5 Å². The summed E-state index contributed by atoms with van der Waals surface area (Å²) < 4.78 is 14.3. The maximum absolute atomic E-state index is 13.6. The third-order valence-corrected chi connectivity index (χ3v) is 6.25. The molecule has 3 rings (SSSR count). The van der Waals surface area contributed by atoms with E-state index >= 15 is 0 Å². The number of benzene rings is 1. The van der Waals surface area contributed by atoms with E-state index in [4.69, 9.17) is 9.47 Å². The number of ketones is 1. The summed E-state index contributed by atoms with van der Waals surface area (Å²) in [7, 11) is 3.14. The Morgan fingerprint density at radius 3 is 2.37 bits per heavy atom. The summed E-state index contributed by atoms with van der Waals surface area (Å²) in [5, 5.41) is 18.4. The highest BCUT2D eigenvalue weighted by atomic mass is 16.5. The van der Waals surface area contributed by atoms with Gasteiger partial charge in [-0.2, -0.15) is 9.61 Å². The quantitative estimate of drug-likeness (QED) is 0.403. The number of aromatic nitrogens is 4. The molecule has 0 aliphatic carbocycles. The normalized spacial score (nSPS) is 12.2. The molecule has 0 saturated heterocycles. The van der Waals surface area contributed by atoms with E-state index in [-0.39, 0.29) is 42.6 Å². The second-order valence-corrected chi connectivity index (χ2v) is 9.91. The van der Waals surface area contributed by atoms with Crippen LogP contribution in [0.2, 0.25) is 0 Å². The Morgan fingerprint density at radius 2 is 1.82 bits per heavy atom. The largest absolute Gasteiger partial charge is 0.493 e. The van der Waals surface area contributed by atoms with E-state index in [0.29, 0.717) is 41.4 Å². The topological polar surface area (TPSA) is 124 Å². The van der Waals surface area contributed by atoms with Crippen molar-refractivity contribution >= 4 is 17.3 Å². The molecule has 11 nitrogen and oxygen atoms in total. The Bertz CT molecular complexity index is 1400. The minimum Gasteiger partial charge on any atom is -0.493 e. The summed E-state index contributed by atoms with van der Waals surface area (Å²) in [6.45, 7) is 12.7. The number of aliphatic hydroxyl groups excluding tert-OH is 1. The zero-order valence-electron chi connectivity index (χ0n) is 23.5. The van der Waals surface area contributed by atoms with E-state index in [2.05, 4.69) is 15.2 Å². The van der Waals surface area contributed by atoms with Crippen LogP contribution in [0.25, 0.3) is 5.65 Å². The van der Waals surface area contributed by atoms with Gasteiger partial charge >= 0.3 is 0 Å². The summed E-state index contributed by atoms with van der Waals surface area (Å²) in [6.07, 6.45) is 0. The van der Waals surface area contributed by atoms with Gasteiger partial charge in [-0.15, -0.1) is 5.10 Å². The zero-order valence-corrected chi connectivity index (χ0v) is 23.5. The molecule has 0 atom stereocenters. The summed E-state index contributed by atoms with van der Waals surface area (Å²) in [4.78, 5) is 32.5. The number of aliphatic hydroxyl groups is 1. The van der Waals surface area contributed by atoms with Crippen molar-refractivity contribution in [3.05, 3.63) is 46.2 Å². The van der Waals surface area contributed by atoms with Crippen molar-refractivity contribution in [3.63, 3.8) is 0 Å². The molecular formula is C27H38N6O5. The van der Waals surface area contributed by atoms with Crippen LogP contribution in [0.1, 0.15) is 66.6 Å². The van der Waals surface area contributed by atoms with Crippen LogP contribution in [0.4, 0.5) is 0 Å². The Labute approximate surface area is 222 Å². The van der Waals surface area contributed by atoms with Crippen molar-refractivity contribution in [1.82, 2.24) is 24.3 Å². The molecule has 3 aromatic rings. The molecule has 1 aromatic carbocycles. The fourth-order valence-electron chi connectivity index (χ4n) is 4.26. The van der Waals surface area contributed by atoms with Gasteiger partial charge in [-0.25, -0.2) is 4.68 Å². The molecule has 1 N–H and O–H groups in total. The number of carbonyl (C=O) groups excluding carboxylic acids is 2. The molecule has 206 valence electrons. The predicted octanol–water partition coefficient (Wildman–Crippen LogP) is 2.41. The molecule has 0 aliphatic rings. The molecule has 38 heavy (non-hydrogen) atoms. The van der Waals surface area contributed by atoms with E-state index in [1.807, 2.05) is 41.5 Å². The highest BCUT2D eigenvalue weighted by Crippen LogP contribution is 2.39. The molecule has 0 radical (unpaired) electrons. The Kier molecular flexibility index (Phi) is 8.93. The van der Waals surface area contributed by atoms with Crippen molar-refractivity contribution < 1.29 is 24.2 Å². The molecule has 0 fully saturated rings. The fourth-order valence-corrected chi connectivity index (χ4v) is 4.26. The second-order valence-electron chi connectivity index (χ2n) is 9.91. The molecule has 1 amide bonds. The first-order valence-electron chi connectivity index (χ1n) is 12.7. The molecule has 0 spiro atoms. The van der Waals surface area contributed by atoms with Gasteiger partial charge in [-0.1, -0.05) is 20.8 Å². The minimum absolute atomic E-state index is 0.0666. The molecule has 2 aromatic heterocycles. The minimum atomic E-state index is -0.339. The van der Waals surface area contributed by atoms with E-state index < -0.39 is 0 Å². The van der Waals surface area contributed by atoms with Gasteiger partial charge in [0.05, 0.1) is 13.7 Å². The zero-order chi connectivity index (χ0) is 28.2. The average molecular weight is 527 g/mol. The highest BCUT2D eigenvalue weighted by molar-refractivity contribution is 5.97. The number of rotatable bonds is 10. The molecule has 2 heterocycles. The van der Waals surface area contributed by atoms with Gasteiger partial charge in [-0.3, -0.25) is 14.6 Å². The van der Waals surface area contributed by atoms with Crippen molar-refractivity contribution in [2.75, 3.05) is 40.5 Å². The summed E-state index contributed by atoms with van der Waals surface area (Å²) in [5.74, 6) is 0.510. The Hall–Kier alpha value is -3.73. The average Bonchev–Trinajstić information content (AvgIpc) is 3.24. The van der Waals surface area contributed by atoms with Crippen molar-refractivity contribution in [2.45, 2.75) is 53.5 Å². The third kappa shape index (κ3) is 5.72. The number of hydrogen-bond acceptors (Lipinski definition) is 8. The predicted molar refractivity (Wildman–Crippen MR) is 143 cm³/mol. The molecule has 0 aliphatic heterocycles. The fraction of sp³-hybridized carbons (Fsp3) is 0.519. The first-order valence-corrected chi connectivity index (χ1v) is 12.7. The highest BCUT2D eigenvalue weighted by Gasteiger charge is 2.26. The second kappa shape index (κ2) is 11.8. The van der Waals surface area contributed by atoms with Gasteiger partial charge in [-0.05, 0) is 49.9 Å². The van der Waals surface area contributed by atoms with Gasteiger partial charge in [0.15, 0.2) is 22.9 Å². The van der Waals surface area contributed by atoms with E-state index in [0.717, 1.165) is 11.1 Å². The van der Waals surface area contributed by atoms with Crippen LogP contribution in [0.5, 0.6) is 11.5 Å². The van der Waals surface area contributed by atoms with Gasteiger partial charge in [0.1, 0.15) is 18.8 Å². The van der Waals surface area contributed by atoms with Crippen LogP contribution in [0.15, 0.2) is 23.2 Å². The van der Waals surface area contributed by atoms with Gasteiger partial charge in [0, 0.05) is 31.3 Å². The molecule has 0 saturated carbocycles. The van der Waals surface area contributed by atoms with Crippen molar-refractivity contribution in [3.8, 4) is 11.5 Å². The number of nitrogens with zero attached hydrogens (tertiary/aromatic N) is 6. The lowest BCUT2D eigenvalue weighted by molar-refractivity contribution is 0.0765. The Balaban J connectivity index is 2.09. The summed E-state index contributed by atoms with van der Waals surface area (Å²) in [5.41, 5.74) is 2.75. The number of carbonyl (C=O) groups is 2. The molecule has 0 bridgehead atoms. The number of ether oxygens (including phenoxy) is 2. The maximum Gasteiger partial charge on any atom is 0.274 e. The standard InChI is InChI=1S/C27H38N6O5/c1-9-31(10-2)25(36)20-13-17(3)24-30-32(26(28-7)33(24)29-20)16-21(35)18-14-19(27(4,5)6)23(37-8)22(15-18)38-12-11-34/h13-15,34H,9-12,16H2,1-8H3. The lowest BCUT2D eigenvalue weighted by atomic mass is 9.84. The molecule has 11 heteroatoms. The van der Waals surface area contributed by atoms with Crippen LogP contribution in [0.3, 0.4) is 0 Å². The maximum atomic E-state index is 13.6. The lowest BCUT2D eigenvalue weighted by Gasteiger charge is -2.25. The van der Waals surface area contributed by atoms with Crippen LogP contribution >= 0.6 is 0 Å². The first-order chi connectivity index (χ1) is 18.0. The van der Waals surface area contributed by atoms with E-state index in [9.17, 15) is 14.7 Å². The number of amides is 1.